The molecule has 0 saturated heterocycles. The lowest BCUT2D eigenvalue weighted by molar-refractivity contribution is -0.385. The Morgan fingerprint density at radius 1 is 1.47 bits per heavy atom. The zero-order chi connectivity index (χ0) is 14.3. The number of nitrogens with one attached hydrogen (secondary N) is 1. The summed E-state index contributed by atoms with van der Waals surface area (Å²) in [6.07, 6.45) is 1.86. The molecule has 1 N–H and O–H groups in total. The van der Waals surface area contributed by atoms with Gasteiger partial charge < -0.3 is 5.32 Å². The van der Waals surface area contributed by atoms with Crippen molar-refractivity contribution in [1.82, 2.24) is 5.32 Å². The van der Waals surface area contributed by atoms with Crippen molar-refractivity contribution in [2.45, 2.75) is 19.8 Å². The standard InChI is InChI=1S/C13H17BrN2O3/c1-10(9-14)5-4-8-15-13(17)11-6-2-3-7-12(11)16(18)19/h2-3,6-7,10H,4-5,8-9H2,1H3,(H,15,17). The van der Waals surface area contributed by atoms with Crippen molar-refractivity contribution in [2.24, 2.45) is 5.92 Å². The number of benzene rings is 1. The summed E-state index contributed by atoms with van der Waals surface area (Å²) in [4.78, 5) is 22.1. The van der Waals surface area contributed by atoms with Crippen LogP contribution >= 0.6 is 15.9 Å². The first-order valence-corrected chi connectivity index (χ1v) is 7.26. The molecule has 0 aliphatic heterocycles. The molecule has 0 saturated carbocycles. The van der Waals surface area contributed by atoms with Crippen LogP contribution in [0.3, 0.4) is 0 Å². The third-order valence-corrected chi connectivity index (χ3v) is 3.87. The number of halogens is 1. The topological polar surface area (TPSA) is 72.2 Å². The third-order valence-electron chi connectivity index (χ3n) is 2.77. The van der Waals surface area contributed by atoms with Crippen LogP contribution in [-0.4, -0.2) is 22.7 Å². The van der Waals surface area contributed by atoms with Crippen LogP contribution in [0, 0.1) is 16.0 Å². The summed E-state index contributed by atoms with van der Waals surface area (Å²) in [5, 5.41) is 14.5. The van der Waals surface area contributed by atoms with Crippen LogP contribution in [0.25, 0.3) is 0 Å². The summed E-state index contributed by atoms with van der Waals surface area (Å²) in [6.45, 7) is 2.65. The summed E-state index contributed by atoms with van der Waals surface area (Å²) in [6, 6.07) is 5.97. The Kier molecular flexibility index (Phi) is 6.49. The van der Waals surface area contributed by atoms with Gasteiger partial charge in [-0.15, -0.1) is 0 Å². The van der Waals surface area contributed by atoms with E-state index in [4.69, 9.17) is 0 Å². The minimum atomic E-state index is -0.540. The number of nitro benzene ring substituents is 1. The van der Waals surface area contributed by atoms with E-state index in [-0.39, 0.29) is 11.3 Å². The first kappa shape index (κ1) is 15.6. The second-order valence-corrected chi connectivity index (χ2v) is 5.08. The molecule has 0 heterocycles. The molecule has 1 rings (SSSR count). The van der Waals surface area contributed by atoms with Crippen LogP contribution in [-0.2, 0) is 0 Å². The van der Waals surface area contributed by atoms with E-state index < -0.39 is 10.8 Å². The first-order valence-electron chi connectivity index (χ1n) is 6.13. The number of para-hydroxylation sites is 1. The van der Waals surface area contributed by atoms with E-state index in [1.165, 1.54) is 12.1 Å². The smallest absolute Gasteiger partial charge is 0.282 e. The molecule has 1 atom stereocenters. The van der Waals surface area contributed by atoms with E-state index in [0.29, 0.717) is 12.5 Å². The van der Waals surface area contributed by atoms with Gasteiger partial charge in [-0.05, 0) is 24.8 Å². The lowest BCUT2D eigenvalue weighted by atomic mass is 10.1. The monoisotopic (exact) mass is 328 g/mol. The molecule has 0 aliphatic carbocycles. The van der Waals surface area contributed by atoms with Gasteiger partial charge in [0.25, 0.3) is 11.6 Å². The second-order valence-electron chi connectivity index (χ2n) is 4.43. The number of carbonyl (C=O) groups excluding carboxylic acids is 1. The zero-order valence-corrected chi connectivity index (χ0v) is 12.4. The van der Waals surface area contributed by atoms with Crippen LogP contribution in [0.2, 0.25) is 0 Å². The second kappa shape index (κ2) is 7.89. The number of nitrogens with zero attached hydrogens (tertiary/aromatic N) is 1. The van der Waals surface area contributed by atoms with E-state index in [2.05, 4.69) is 28.2 Å². The molecular weight excluding hydrogens is 312 g/mol. The van der Waals surface area contributed by atoms with Gasteiger partial charge in [-0.1, -0.05) is 35.0 Å². The summed E-state index contributed by atoms with van der Waals surface area (Å²) in [7, 11) is 0. The summed E-state index contributed by atoms with van der Waals surface area (Å²) < 4.78 is 0. The SMILES string of the molecule is CC(CBr)CCCNC(=O)c1ccccc1[N+](=O)[O-]. The highest BCUT2D eigenvalue weighted by Gasteiger charge is 2.18. The van der Waals surface area contributed by atoms with Crippen LogP contribution in [0.1, 0.15) is 30.1 Å². The van der Waals surface area contributed by atoms with Crippen LogP contribution in [0.4, 0.5) is 5.69 Å². The summed E-state index contributed by atoms with van der Waals surface area (Å²) >= 11 is 3.40. The fraction of sp³-hybridized carbons (Fsp3) is 0.462. The number of amides is 1. The van der Waals surface area contributed by atoms with E-state index in [0.717, 1.165) is 18.2 Å². The molecule has 1 unspecified atom stereocenters. The number of carbonyl (C=O) groups is 1. The predicted octanol–water partition coefficient (Wildman–Crippen LogP) is 3.14. The van der Waals surface area contributed by atoms with E-state index in [1.807, 2.05) is 0 Å². The molecule has 1 aromatic carbocycles. The summed E-state index contributed by atoms with van der Waals surface area (Å²) in [5.74, 6) is 0.168. The lowest BCUT2D eigenvalue weighted by Gasteiger charge is -2.08. The normalized spacial score (nSPS) is 11.9. The Hall–Kier alpha value is -1.43. The van der Waals surface area contributed by atoms with Crippen molar-refractivity contribution in [3.05, 3.63) is 39.9 Å². The average molecular weight is 329 g/mol. The van der Waals surface area contributed by atoms with E-state index in [1.54, 1.807) is 12.1 Å². The molecule has 0 radical (unpaired) electrons. The Labute approximate surface area is 120 Å². The molecule has 5 nitrogen and oxygen atoms in total. The van der Waals surface area contributed by atoms with Crippen molar-refractivity contribution in [3.63, 3.8) is 0 Å². The van der Waals surface area contributed by atoms with Gasteiger partial charge in [0.15, 0.2) is 0 Å². The fourth-order valence-corrected chi connectivity index (χ4v) is 1.97. The Balaban J connectivity index is 2.52. The first-order chi connectivity index (χ1) is 9.06. The minimum Gasteiger partial charge on any atom is -0.352 e. The number of nitro groups is 1. The number of rotatable bonds is 7. The molecule has 19 heavy (non-hydrogen) atoms. The van der Waals surface area contributed by atoms with Crippen LogP contribution < -0.4 is 5.32 Å². The lowest BCUT2D eigenvalue weighted by Crippen LogP contribution is -2.25. The Bertz CT molecular complexity index is 451. The molecule has 0 spiro atoms. The molecule has 0 aliphatic rings. The maximum absolute atomic E-state index is 11.9. The molecule has 0 fully saturated rings. The predicted molar refractivity (Wildman–Crippen MR) is 77.6 cm³/mol. The number of hydrogen-bond acceptors (Lipinski definition) is 3. The number of alkyl halides is 1. The van der Waals surface area contributed by atoms with Gasteiger partial charge in [-0.25, -0.2) is 0 Å². The molecular formula is C13H17BrN2O3. The fourth-order valence-electron chi connectivity index (χ4n) is 1.65. The highest BCUT2D eigenvalue weighted by molar-refractivity contribution is 9.09. The highest BCUT2D eigenvalue weighted by atomic mass is 79.9. The van der Waals surface area contributed by atoms with Crippen molar-refractivity contribution in [3.8, 4) is 0 Å². The molecule has 1 amide bonds. The quantitative estimate of drug-likeness (QED) is 0.361. The van der Waals surface area contributed by atoms with Crippen molar-refractivity contribution in [1.29, 1.82) is 0 Å². The molecule has 0 aromatic heterocycles. The molecule has 1 aromatic rings. The Morgan fingerprint density at radius 3 is 2.79 bits per heavy atom. The van der Waals surface area contributed by atoms with E-state index >= 15 is 0 Å². The van der Waals surface area contributed by atoms with Crippen LogP contribution in [0.15, 0.2) is 24.3 Å². The van der Waals surface area contributed by atoms with Gasteiger partial charge in [0, 0.05) is 17.9 Å². The van der Waals surface area contributed by atoms with Crippen molar-refractivity contribution >= 4 is 27.5 Å². The van der Waals surface area contributed by atoms with Gasteiger partial charge in [-0.3, -0.25) is 14.9 Å². The largest absolute Gasteiger partial charge is 0.352 e. The molecule has 6 heteroatoms. The minimum absolute atomic E-state index is 0.112. The highest BCUT2D eigenvalue weighted by Crippen LogP contribution is 2.17. The third kappa shape index (κ3) is 4.98. The molecule has 0 bridgehead atoms. The molecule has 104 valence electrons. The van der Waals surface area contributed by atoms with Crippen molar-refractivity contribution in [2.75, 3.05) is 11.9 Å². The van der Waals surface area contributed by atoms with E-state index in [9.17, 15) is 14.9 Å². The van der Waals surface area contributed by atoms with Gasteiger partial charge in [0.05, 0.1) is 4.92 Å². The Morgan fingerprint density at radius 2 is 2.16 bits per heavy atom. The maximum atomic E-state index is 11.9. The van der Waals surface area contributed by atoms with Crippen LogP contribution in [0.5, 0.6) is 0 Å². The zero-order valence-electron chi connectivity index (χ0n) is 10.8. The van der Waals surface area contributed by atoms with Gasteiger partial charge in [-0.2, -0.15) is 0 Å². The number of hydrogen-bond donors (Lipinski definition) is 1. The van der Waals surface area contributed by atoms with Gasteiger partial charge in [0.2, 0.25) is 0 Å². The van der Waals surface area contributed by atoms with Gasteiger partial charge >= 0.3 is 0 Å². The maximum Gasteiger partial charge on any atom is 0.282 e. The van der Waals surface area contributed by atoms with Gasteiger partial charge in [0.1, 0.15) is 5.56 Å². The summed E-state index contributed by atoms with van der Waals surface area (Å²) in [5.41, 5.74) is -0.0464. The average Bonchev–Trinajstić information content (AvgIpc) is 2.42. The van der Waals surface area contributed by atoms with Crippen molar-refractivity contribution < 1.29 is 9.72 Å².